The number of methoxy groups -OCH3 is 1. The number of nitrogens with zero attached hydrogens (tertiary/aromatic N) is 2. The summed E-state index contributed by atoms with van der Waals surface area (Å²) in [6.45, 7) is 8.54. The Labute approximate surface area is 175 Å². The Balaban J connectivity index is 0.00000338. The summed E-state index contributed by atoms with van der Waals surface area (Å²) in [4.78, 5) is 7.04. The van der Waals surface area contributed by atoms with E-state index < -0.39 is 0 Å². The normalized spacial score (nSPS) is 15.3. The van der Waals surface area contributed by atoms with Gasteiger partial charge < -0.3 is 19.7 Å². The van der Waals surface area contributed by atoms with Crippen molar-refractivity contribution >= 4 is 29.9 Å². The van der Waals surface area contributed by atoms with Crippen LogP contribution in [0.5, 0.6) is 5.75 Å². The van der Waals surface area contributed by atoms with E-state index in [4.69, 9.17) is 14.5 Å². The maximum atomic E-state index is 5.45. The second-order valence-electron chi connectivity index (χ2n) is 6.74. The molecular weight excluding hydrogens is 441 g/mol. The Morgan fingerprint density at radius 1 is 1.35 bits per heavy atom. The monoisotopic (exact) mass is 475 g/mol. The van der Waals surface area contributed by atoms with Crippen LogP contribution in [0.2, 0.25) is 0 Å². The molecule has 1 saturated heterocycles. The molecule has 1 aliphatic rings. The Kier molecular flexibility index (Phi) is 11.0. The second kappa shape index (κ2) is 12.4. The van der Waals surface area contributed by atoms with Crippen molar-refractivity contribution < 1.29 is 9.47 Å². The minimum atomic E-state index is 0. The number of aliphatic imine (C=N–C) groups is 1. The molecule has 1 heterocycles. The molecule has 0 spiro atoms. The van der Waals surface area contributed by atoms with Crippen molar-refractivity contribution in [3.8, 4) is 5.75 Å². The lowest BCUT2D eigenvalue weighted by molar-refractivity contribution is 0.0625. The number of hydrogen-bond acceptors (Lipinski definition) is 3. The first-order valence-corrected chi connectivity index (χ1v) is 9.34. The van der Waals surface area contributed by atoms with Crippen LogP contribution in [0.1, 0.15) is 37.3 Å². The fraction of sp³-hybridized carbons (Fsp3) is 0.650. The van der Waals surface area contributed by atoms with Crippen molar-refractivity contribution in [2.45, 2.75) is 39.7 Å². The number of halogens is 1. The molecule has 1 fully saturated rings. The Hall–Kier alpha value is -1.02. The van der Waals surface area contributed by atoms with E-state index in [1.165, 1.54) is 19.3 Å². The van der Waals surface area contributed by atoms with E-state index in [0.29, 0.717) is 6.54 Å². The highest BCUT2D eigenvalue weighted by molar-refractivity contribution is 14.0. The van der Waals surface area contributed by atoms with Gasteiger partial charge in [0.05, 0.1) is 13.7 Å². The van der Waals surface area contributed by atoms with E-state index in [2.05, 4.69) is 49.3 Å². The zero-order valence-corrected chi connectivity index (χ0v) is 18.9. The van der Waals surface area contributed by atoms with Gasteiger partial charge in [0.15, 0.2) is 5.96 Å². The number of rotatable bonds is 7. The minimum Gasteiger partial charge on any atom is -0.496 e. The van der Waals surface area contributed by atoms with Crippen LogP contribution in [0, 0.1) is 12.8 Å². The van der Waals surface area contributed by atoms with E-state index in [1.54, 1.807) is 7.11 Å². The summed E-state index contributed by atoms with van der Waals surface area (Å²) in [6.07, 6.45) is 3.57. The number of aryl methyl sites for hydroxylation is 1. The number of benzene rings is 1. The lowest BCUT2D eigenvalue weighted by Gasteiger charge is -2.26. The summed E-state index contributed by atoms with van der Waals surface area (Å²) in [5.41, 5.74) is 2.31. The van der Waals surface area contributed by atoms with Crippen molar-refractivity contribution in [2.75, 3.05) is 40.5 Å². The van der Waals surface area contributed by atoms with Crippen LogP contribution >= 0.6 is 24.0 Å². The topological polar surface area (TPSA) is 46.1 Å². The standard InChI is InChI=1S/C20H33N3O2.HI/c1-5-21-20(23(3)11-8-17-9-12-25-13-10-17)22-15-18-7-6-16(2)19(14-18)24-4;/h6-7,14,17H,5,8-13,15H2,1-4H3,(H,21,22);1H. The van der Waals surface area contributed by atoms with Crippen LogP contribution in [-0.4, -0.2) is 51.3 Å². The molecule has 0 amide bonds. The molecule has 0 bridgehead atoms. The molecule has 1 aromatic rings. The summed E-state index contributed by atoms with van der Waals surface area (Å²) in [5.74, 6) is 2.67. The molecule has 0 atom stereocenters. The summed E-state index contributed by atoms with van der Waals surface area (Å²) >= 11 is 0. The number of nitrogens with one attached hydrogen (secondary N) is 1. The molecule has 148 valence electrons. The molecule has 2 rings (SSSR count). The zero-order chi connectivity index (χ0) is 18.1. The van der Waals surface area contributed by atoms with Gasteiger partial charge in [-0.15, -0.1) is 24.0 Å². The van der Waals surface area contributed by atoms with E-state index in [9.17, 15) is 0 Å². The summed E-state index contributed by atoms with van der Waals surface area (Å²) < 4.78 is 10.9. The van der Waals surface area contributed by atoms with Gasteiger partial charge in [0.2, 0.25) is 0 Å². The Morgan fingerprint density at radius 3 is 2.73 bits per heavy atom. The molecule has 26 heavy (non-hydrogen) atoms. The highest BCUT2D eigenvalue weighted by atomic mass is 127. The van der Waals surface area contributed by atoms with Crippen LogP contribution in [0.25, 0.3) is 0 Å². The molecule has 1 aliphatic heterocycles. The quantitative estimate of drug-likeness (QED) is 0.370. The van der Waals surface area contributed by atoms with E-state index >= 15 is 0 Å². The lowest BCUT2D eigenvalue weighted by atomic mass is 9.96. The smallest absolute Gasteiger partial charge is 0.193 e. The highest BCUT2D eigenvalue weighted by Gasteiger charge is 2.15. The predicted octanol–water partition coefficient (Wildman–Crippen LogP) is 3.84. The average molecular weight is 475 g/mol. The zero-order valence-electron chi connectivity index (χ0n) is 16.6. The van der Waals surface area contributed by atoms with E-state index in [0.717, 1.165) is 55.1 Å². The highest BCUT2D eigenvalue weighted by Crippen LogP contribution is 2.20. The first kappa shape index (κ1) is 23.0. The predicted molar refractivity (Wildman–Crippen MR) is 119 cm³/mol. The van der Waals surface area contributed by atoms with Crippen molar-refractivity contribution in [3.63, 3.8) is 0 Å². The van der Waals surface area contributed by atoms with Gasteiger partial charge in [-0.2, -0.15) is 0 Å². The molecule has 0 aliphatic carbocycles. The fourth-order valence-corrected chi connectivity index (χ4v) is 3.12. The largest absolute Gasteiger partial charge is 0.496 e. The van der Waals surface area contributed by atoms with Crippen molar-refractivity contribution in [2.24, 2.45) is 10.9 Å². The lowest BCUT2D eigenvalue weighted by Crippen LogP contribution is -2.40. The van der Waals surface area contributed by atoms with Gasteiger partial charge in [0.25, 0.3) is 0 Å². The van der Waals surface area contributed by atoms with Gasteiger partial charge in [0, 0.05) is 33.4 Å². The third-order valence-corrected chi connectivity index (χ3v) is 4.79. The molecule has 0 aromatic heterocycles. The SMILES string of the molecule is CCNC(=NCc1ccc(C)c(OC)c1)N(C)CCC1CCOCC1.I. The Morgan fingerprint density at radius 2 is 2.08 bits per heavy atom. The third kappa shape index (κ3) is 7.31. The van der Waals surface area contributed by atoms with E-state index in [1.807, 2.05) is 0 Å². The van der Waals surface area contributed by atoms with Crippen LogP contribution in [0.3, 0.4) is 0 Å². The number of ether oxygens (including phenoxy) is 2. The van der Waals surface area contributed by atoms with Crippen molar-refractivity contribution in [1.82, 2.24) is 10.2 Å². The Bertz CT molecular complexity index is 560. The maximum Gasteiger partial charge on any atom is 0.193 e. The van der Waals surface area contributed by atoms with Crippen LogP contribution in [0.15, 0.2) is 23.2 Å². The first-order valence-electron chi connectivity index (χ1n) is 9.34. The molecule has 6 heteroatoms. The first-order chi connectivity index (χ1) is 12.1. The van der Waals surface area contributed by atoms with Gasteiger partial charge in [-0.05, 0) is 56.2 Å². The van der Waals surface area contributed by atoms with Crippen LogP contribution in [0.4, 0.5) is 0 Å². The molecule has 0 unspecified atom stereocenters. The molecule has 5 nitrogen and oxygen atoms in total. The van der Waals surface area contributed by atoms with Crippen LogP contribution in [-0.2, 0) is 11.3 Å². The molecular formula is C20H34IN3O2. The van der Waals surface area contributed by atoms with Gasteiger partial charge >= 0.3 is 0 Å². The summed E-state index contributed by atoms with van der Waals surface area (Å²) in [6, 6.07) is 6.28. The third-order valence-electron chi connectivity index (χ3n) is 4.79. The van der Waals surface area contributed by atoms with Gasteiger partial charge in [-0.3, -0.25) is 0 Å². The van der Waals surface area contributed by atoms with Crippen molar-refractivity contribution in [3.05, 3.63) is 29.3 Å². The average Bonchev–Trinajstić information content (AvgIpc) is 2.65. The minimum absolute atomic E-state index is 0. The summed E-state index contributed by atoms with van der Waals surface area (Å²) in [7, 11) is 3.83. The molecule has 0 radical (unpaired) electrons. The van der Waals surface area contributed by atoms with Crippen LogP contribution < -0.4 is 10.1 Å². The maximum absolute atomic E-state index is 5.45. The molecule has 0 saturated carbocycles. The summed E-state index contributed by atoms with van der Waals surface area (Å²) in [5, 5.41) is 3.40. The van der Waals surface area contributed by atoms with Gasteiger partial charge in [-0.25, -0.2) is 4.99 Å². The van der Waals surface area contributed by atoms with Gasteiger partial charge in [0.1, 0.15) is 5.75 Å². The second-order valence-corrected chi connectivity index (χ2v) is 6.74. The van der Waals surface area contributed by atoms with E-state index in [-0.39, 0.29) is 24.0 Å². The van der Waals surface area contributed by atoms with Crippen molar-refractivity contribution in [1.29, 1.82) is 0 Å². The fourth-order valence-electron chi connectivity index (χ4n) is 3.12. The molecule has 1 N–H and O–H groups in total. The number of hydrogen-bond donors (Lipinski definition) is 1. The number of guanidine groups is 1. The molecule has 1 aromatic carbocycles. The van der Waals surface area contributed by atoms with Gasteiger partial charge in [-0.1, -0.05) is 12.1 Å².